The summed E-state index contributed by atoms with van der Waals surface area (Å²) < 4.78 is 2.26. The van der Waals surface area contributed by atoms with Crippen molar-refractivity contribution >= 4 is 5.95 Å². The van der Waals surface area contributed by atoms with E-state index in [4.69, 9.17) is 0 Å². The molecule has 1 aromatic rings. The molecule has 1 N–H and O–H groups in total. The molecule has 0 amide bonds. The van der Waals surface area contributed by atoms with Gasteiger partial charge in [0.1, 0.15) is 0 Å². The minimum Gasteiger partial charge on any atom is -0.348 e. The summed E-state index contributed by atoms with van der Waals surface area (Å²) >= 11 is 0. The number of imidazole rings is 1. The Balaban J connectivity index is 2.38. The Morgan fingerprint density at radius 3 is 3.17 bits per heavy atom. The van der Waals surface area contributed by atoms with E-state index < -0.39 is 0 Å². The van der Waals surface area contributed by atoms with Crippen LogP contribution >= 0.6 is 0 Å². The number of fused-ring (bicyclic) bond motifs is 1. The Labute approximate surface area is 72.2 Å². The van der Waals surface area contributed by atoms with Crippen LogP contribution in [0.3, 0.4) is 0 Å². The first kappa shape index (κ1) is 7.61. The summed E-state index contributed by atoms with van der Waals surface area (Å²) in [7, 11) is 4.05. The van der Waals surface area contributed by atoms with Crippen LogP contribution in [0.2, 0.25) is 0 Å². The molecule has 66 valence electrons. The van der Waals surface area contributed by atoms with Crippen molar-refractivity contribution in [3.05, 3.63) is 11.9 Å². The second-order valence-electron chi connectivity index (χ2n) is 3.27. The molecule has 1 aliphatic rings. The van der Waals surface area contributed by atoms with E-state index in [1.54, 1.807) is 0 Å². The third kappa shape index (κ3) is 1.08. The van der Waals surface area contributed by atoms with Crippen LogP contribution in [0.25, 0.3) is 0 Å². The topological polar surface area (TPSA) is 33.1 Å². The molecule has 4 nitrogen and oxygen atoms in total. The van der Waals surface area contributed by atoms with Gasteiger partial charge in [0.15, 0.2) is 0 Å². The summed E-state index contributed by atoms with van der Waals surface area (Å²) in [4.78, 5) is 6.40. The summed E-state index contributed by atoms with van der Waals surface area (Å²) in [5, 5.41) is 3.31. The van der Waals surface area contributed by atoms with E-state index in [2.05, 4.69) is 19.8 Å². The van der Waals surface area contributed by atoms with Gasteiger partial charge in [-0.1, -0.05) is 0 Å². The average molecular weight is 166 g/mol. The van der Waals surface area contributed by atoms with Crippen molar-refractivity contribution in [2.75, 3.05) is 25.5 Å². The smallest absolute Gasteiger partial charge is 0.205 e. The zero-order valence-corrected chi connectivity index (χ0v) is 7.54. The van der Waals surface area contributed by atoms with E-state index in [0.29, 0.717) is 0 Å². The predicted molar refractivity (Wildman–Crippen MR) is 48.3 cm³/mol. The highest BCUT2D eigenvalue weighted by Crippen LogP contribution is 2.14. The first-order chi connectivity index (χ1) is 5.79. The Morgan fingerprint density at radius 2 is 2.42 bits per heavy atom. The largest absolute Gasteiger partial charge is 0.348 e. The summed E-state index contributed by atoms with van der Waals surface area (Å²) in [6.07, 6.45) is 1.95. The molecule has 0 fully saturated rings. The van der Waals surface area contributed by atoms with E-state index in [9.17, 15) is 0 Å². The van der Waals surface area contributed by atoms with Gasteiger partial charge in [0.2, 0.25) is 5.95 Å². The minimum atomic E-state index is 0.945. The molecule has 2 heterocycles. The molecule has 1 aliphatic heterocycles. The third-order valence-electron chi connectivity index (χ3n) is 2.14. The highest BCUT2D eigenvalue weighted by Gasteiger charge is 2.13. The van der Waals surface area contributed by atoms with E-state index in [1.165, 1.54) is 5.69 Å². The lowest BCUT2D eigenvalue weighted by atomic mass is 10.4. The predicted octanol–water partition coefficient (Wildman–Crippen LogP) is 0.0523. The Bertz CT molecular complexity index is 277. The number of aromatic nitrogens is 2. The molecular formula is C8H14N4. The van der Waals surface area contributed by atoms with Gasteiger partial charge in [0, 0.05) is 33.7 Å². The van der Waals surface area contributed by atoms with Crippen LogP contribution in [0, 0.1) is 0 Å². The van der Waals surface area contributed by atoms with Crippen LogP contribution in [0.5, 0.6) is 0 Å². The van der Waals surface area contributed by atoms with Gasteiger partial charge in [-0.2, -0.15) is 0 Å². The lowest BCUT2D eigenvalue weighted by Gasteiger charge is -2.20. The quantitative estimate of drug-likeness (QED) is 0.640. The Kier molecular flexibility index (Phi) is 1.77. The van der Waals surface area contributed by atoms with E-state index in [-0.39, 0.29) is 0 Å². The SMILES string of the molecule is CN(C)c1ncc2n1CCNC2. The highest BCUT2D eigenvalue weighted by atomic mass is 15.3. The van der Waals surface area contributed by atoms with Crippen molar-refractivity contribution in [2.45, 2.75) is 13.1 Å². The molecule has 1 aromatic heterocycles. The number of rotatable bonds is 1. The monoisotopic (exact) mass is 166 g/mol. The van der Waals surface area contributed by atoms with Gasteiger partial charge >= 0.3 is 0 Å². The van der Waals surface area contributed by atoms with Crippen molar-refractivity contribution in [1.82, 2.24) is 14.9 Å². The number of hydrogen-bond acceptors (Lipinski definition) is 3. The lowest BCUT2D eigenvalue weighted by molar-refractivity contribution is 0.516. The van der Waals surface area contributed by atoms with Crippen LogP contribution in [0.4, 0.5) is 5.95 Å². The second-order valence-corrected chi connectivity index (χ2v) is 3.27. The zero-order valence-electron chi connectivity index (χ0n) is 7.54. The van der Waals surface area contributed by atoms with Gasteiger partial charge in [-0.15, -0.1) is 0 Å². The van der Waals surface area contributed by atoms with E-state index >= 15 is 0 Å². The fourth-order valence-corrected chi connectivity index (χ4v) is 1.55. The standard InChI is InChI=1S/C8H14N4/c1-11(2)8-10-6-7-5-9-3-4-12(7)8/h6,9H,3-5H2,1-2H3. The van der Waals surface area contributed by atoms with Crippen LogP contribution < -0.4 is 10.2 Å². The molecule has 4 heteroatoms. The first-order valence-electron chi connectivity index (χ1n) is 4.21. The van der Waals surface area contributed by atoms with Gasteiger partial charge in [-0.3, -0.25) is 0 Å². The molecule has 0 spiro atoms. The third-order valence-corrected chi connectivity index (χ3v) is 2.14. The van der Waals surface area contributed by atoms with Crippen molar-refractivity contribution in [3.63, 3.8) is 0 Å². The van der Waals surface area contributed by atoms with Crippen molar-refractivity contribution in [1.29, 1.82) is 0 Å². The summed E-state index contributed by atoms with van der Waals surface area (Å²) in [5.41, 5.74) is 1.28. The highest BCUT2D eigenvalue weighted by molar-refractivity contribution is 5.32. The van der Waals surface area contributed by atoms with Gasteiger partial charge in [-0.25, -0.2) is 4.98 Å². The molecule has 0 aromatic carbocycles. The number of nitrogens with one attached hydrogen (secondary N) is 1. The summed E-state index contributed by atoms with van der Waals surface area (Å²) in [6.45, 7) is 3.02. The Morgan fingerprint density at radius 1 is 1.58 bits per heavy atom. The molecule has 0 saturated heterocycles. The summed E-state index contributed by atoms with van der Waals surface area (Å²) in [5.74, 6) is 1.06. The maximum atomic E-state index is 4.35. The van der Waals surface area contributed by atoms with Crippen molar-refractivity contribution in [2.24, 2.45) is 0 Å². The second kappa shape index (κ2) is 2.79. The maximum Gasteiger partial charge on any atom is 0.205 e. The van der Waals surface area contributed by atoms with Gasteiger partial charge in [0.25, 0.3) is 0 Å². The molecule has 0 unspecified atom stereocenters. The van der Waals surface area contributed by atoms with Crippen molar-refractivity contribution < 1.29 is 0 Å². The number of nitrogens with zero attached hydrogens (tertiary/aromatic N) is 3. The lowest BCUT2D eigenvalue weighted by Crippen LogP contribution is -2.29. The molecule has 0 atom stereocenters. The van der Waals surface area contributed by atoms with Crippen LogP contribution in [0.15, 0.2) is 6.20 Å². The molecule has 0 aliphatic carbocycles. The van der Waals surface area contributed by atoms with Crippen LogP contribution in [-0.4, -0.2) is 30.2 Å². The Hall–Kier alpha value is -1.03. The van der Waals surface area contributed by atoms with Gasteiger partial charge < -0.3 is 14.8 Å². The maximum absolute atomic E-state index is 4.35. The van der Waals surface area contributed by atoms with E-state index in [0.717, 1.165) is 25.6 Å². The summed E-state index contributed by atoms with van der Waals surface area (Å²) in [6, 6.07) is 0. The normalized spacial score (nSPS) is 15.8. The molecule has 2 rings (SSSR count). The average Bonchev–Trinajstić information content (AvgIpc) is 2.47. The van der Waals surface area contributed by atoms with E-state index in [1.807, 2.05) is 20.3 Å². The first-order valence-corrected chi connectivity index (χ1v) is 4.21. The van der Waals surface area contributed by atoms with Crippen molar-refractivity contribution in [3.8, 4) is 0 Å². The molecular weight excluding hydrogens is 152 g/mol. The minimum absolute atomic E-state index is 0.945. The molecule has 0 saturated carbocycles. The zero-order chi connectivity index (χ0) is 8.55. The molecule has 0 bridgehead atoms. The van der Waals surface area contributed by atoms with Gasteiger partial charge in [0.05, 0.1) is 11.9 Å². The number of anilines is 1. The fourth-order valence-electron chi connectivity index (χ4n) is 1.55. The number of hydrogen-bond donors (Lipinski definition) is 1. The van der Waals surface area contributed by atoms with Gasteiger partial charge in [-0.05, 0) is 0 Å². The van der Waals surface area contributed by atoms with Crippen LogP contribution in [-0.2, 0) is 13.1 Å². The molecule has 0 radical (unpaired) electrons. The van der Waals surface area contributed by atoms with Crippen LogP contribution in [0.1, 0.15) is 5.69 Å². The molecule has 12 heavy (non-hydrogen) atoms. The fraction of sp³-hybridized carbons (Fsp3) is 0.625.